The van der Waals surface area contributed by atoms with E-state index in [1.165, 1.54) is 16.7 Å². The molecule has 0 fully saturated rings. The molecule has 0 saturated heterocycles. The molecule has 1 amide bonds. The summed E-state index contributed by atoms with van der Waals surface area (Å²) >= 11 is 5.97. The minimum absolute atomic E-state index is 0.0497. The number of amides is 1. The normalized spacial score (nSPS) is 11.0. The fourth-order valence-electron chi connectivity index (χ4n) is 3.31. The number of fused-ring (bicyclic) bond motifs is 1. The van der Waals surface area contributed by atoms with Gasteiger partial charge in [0.2, 0.25) is 0 Å². The number of rotatable bonds is 6. The summed E-state index contributed by atoms with van der Waals surface area (Å²) in [5.74, 6) is -1.05. The quantitative estimate of drug-likeness (QED) is 0.515. The van der Waals surface area contributed by atoms with Crippen molar-refractivity contribution in [1.29, 1.82) is 0 Å². The SMILES string of the molecule is O=C(NCCn1c(=O)n(Cc2ccccc2)c2cccnc21)c1cc(F)ccc1Cl. The second-order valence-electron chi connectivity index (χ2n) is 6.73. The first-order chi connectivity index (χ1) is 14.5. The monoisotopic (exact) mass is 424 g/mol. The van der Waals surface area contributed by atoms with Crippen LogP contribution >= 0.6 is 11.6 Å². The van der Waals surface area contributed by atoms with Gasteiger partial charge in [0, 0.05) is 19.3 Å². The zero-order valence-electron chi connectivity index (χ0n) is 15.9. The Kier molecular flexibility index (Phi) is 5.63. The Bertz CT molecular complexity index is 1270. The summed E-state index contributed by atoms with van der Waals surface area (Å²) in [6.45, 7) is 0.791. The molecule has 0 aliphatic carbocycles. The van der Waals surface area contributed by atoms with Crippen LogP contribution in [0.3, 0.4) is 0 Å². The van der Waals surface area contributed by atoms with Gasteiger partial charge in [-0.25, -0.2) is 14.2 Å². The van der Waals surface area contributed by atoms with E-state index in [1.807, 2.05) is 36.4 Å². The zero-order valence-corrected chi connectivity index (χ0v) is 16.6. The van der Waals surface area contributed by atoms with Crippen LogP contribution in [0.15, 0.2) is 71.7 Å². The summed E-state index contributed by atoms with van der Waals surface area (Å²) in [5.41, 5.74) is 2.08. The van der Waals surface area contributed by atoms with Crippen LogP contribution in [0, 0.1) is 5.82 Å². The number of imidazole rings is 1. The highest BCUT2D eigenvalue weighted by molar-refractivity contribution is 6.33. The van der Waals surface area contributed by atoms with Crippen molar-refractivity contribution in [3.63, 3.8) is 0 Å². The lowest BCUT2D eigenvalue weighted by atomic mass is 10.2. The lowest BCUT2D eigenvalue weighted by Gasteiger charge is -2.07. The van der Waals surface area contributed by atoms with E-state index in [1.54, 1.807) is 16.8 Å². The molecule has 8 heteroatoms. The van der Waals surface area contributed by atoms with Gasteiger partial charge in [-0.3, -0.25) is 13.9 Å². The minimum Gasteiger partial charge on any atom is -0.350 e. The van der Waals surface area contributed by atoms with Gasteiger partial charge < -0.3 is 5.32 Å². The molecule has 0 atom stereocenters. The molecule has 0 saturated carbocycles. The molecule has 0 spiro atoms. The van der Waals surface area contributed by atoms with Gasteiger partial charge in [0.25, 0.3) is 5.91 Å². The molecule has 0 aliphatic rings. The van der Waals surface area contributed by atoms with Gasteiger partial charge in [0.05, 0.1) is 22.6 Å². The fourth-order valence-corrected chi connectivity index (χ4v) is 3.52. The number of carbonyl (C=O) groups is 1. The molecule has 0 radical (unpaired) electrons. The molecule has 0 aliphatic heterocycles. The average molecular weight is 425 g/mol. The van der Waals surface area contributed by atoms with Crippen LogP contribution in [-0.2, 0) is 13.1 Å². The molecular formula is C22H18ClFN4O2. The number of hydrogen-bond acceptors (Lipinski definition) is 3. The van der Waals surface area contributed by atoms with E-state index in [9.17, 15) is 14.0 Å². The molecule has 4 aromatic rings. The second kappa shape index (κ2) is 8.51. The van der Waals surface area contributed by atoms with E-state index in [4.69, 9.17) is 11.6 Å². The predicted octanol–water partition coefficient (Wildman–Crippen LogP) is 3.47. The first-order valence-corrected chi connectivity index (χ1v) is 9.73. The summed E-state index contributed by atoms with van der Waals surface area (Å²) < 4.78 is 16.6. The van der Waals surface area contributed by atoms with Gasteiger partial charge in [-0.15, -0.1) is 0 Å². The molecule has 6 nitrogen and oxygen atoms in total. The van der Waals surface area contributed by atoms with Crippen molar-refractivity contribution in [3.8, 4) is 0 Å². The molecule has 2 aromatic carbocycles. The summed E-state index contributed by atoms with van der Waals surface area (Å²) in [4.78, 5) is 29.7. The number of hydrogen-bond donors (Lipinski definition) is 1. The molecule has 30 heavy (non-hydrogen) atoms. The lowest BCUT2D eigenvalue weighted by Crippen LogP contribution is -2.32. The van der Waals surface area contributed by atoms with Crippen LogP contribution < -0.4 is 11.0 Å². The standard InChI is InChI=1S/C22H18ClFN4O2/c23-18-9-8-16(24)13-17(18)21(29)26-11-12-27-20-19(7-4-10-25-20)28(22(27)30)14-15-5-2-1-3-6-15/h1-10,13H,11-12,14H2,(H,26,29). The van der Waals surface area contributed by atoms with Crippen molar-refractivity contribution in [2.24, 2.45) is 0 Å². The van der Waals surface area contributed by atoms with Crippen molar-refractivity contribution in [2.45, 2.75) is 13.1 Å². The maximum absolute atomic E-state index is 13.4. The van der Waals surface area contributed by atoms with Crippen LogP contribution in [0.4, 0.5) is 4.39 Å². The Balaban J connectivity index is 1.56. The summed E-state index contributed by atoms with van der Waals surface area (Å²) in [5, 5.41) is 2.84. The van der Waals surface area contributed by atoms with E-state index in [-0.39, 0.29) is 29.4 Å². The van der Waals surface area contributed by atoms with Gasteiger partial charge in [0.1, 0.15) is 5.82 Å². The predicted molar refractivity (Wildman–Crippen MR) is 113 cm³/mol. The highest BCUT2D eigenvalue weighted by Gasteiger charge is 2.15. The molecule has 2 heterocycles. The molecule has 2 aromatic heterocycles. The molecular weight excluding hydrogens is 407 g/mol. The van der Waals surface area contributed by atoms with E-state index in [2.05, 4.69) is 10.3 Å². The Hall–Kier alpha value is -3.45. The van der Waals surface area contributed by atoms with E-state index >= 15 is 0 Å². The van der Waals surface area contributed by atoms with Crippen LogP contribution in [0.1, 0.15) is 15.9 Å². The molecule has 1 N–H and O–H groups in total. The molecule has 4 rings (SSSR count). The van der Waals surface area contributed by atoms with Crippen LogP contribution in [-0.4, -0.2) is 26.6 Å². The third-order valence-electron chi connectivity index (χ3n) is 4.75. The van der Waals surface area contributed by atoms with Crippen molar-refractivity contribution in [3.05, 3.63) is 99.3 Å². The van der Waals surface area contributed by atoms with Crippen molar-refractivity contribution < 1.29 is 9.18 Å². The van der Waals surface area contributed by atoms with Gasteiger partial charge in [-0.2, -0.15) is 0 Å². The van der Waals surface area contributed by atoms with Crippen molar-refractivity contribution in [2.75, 3.05) is 6.54 Å². The number of pyridine rings is 1. The van der Waals surface area contributed by atoms with Gasteiger partial charge in [0.15, 0.2) is 5.65 Å². The van der Waals surface area contributed by atoms with Gasteiger partial charge in [-0.05, 0) is 35.9 Å². The molecule has 0 bridgehead atoms. The third kappa shape index (κ3) is 3.97. The van der Waals surface area contributed by atoms with Gasteiger partial charge in [-0.1, -0.05) is 41.9 Å². The van der Waals surface area contributed by atoms with Crippen molar-refractivity contribution in [1.82, 2.24) is 19.4 Å². The summed E-state index contributed by atoms with van der Waals surface area (Å²) in [7, 11) is 0. The van der Waals surface area contributed by atoms with E-state index < -0.39 is 11.7 Å². The Morgan fingerprint density at radius 3 is 2.67 bits per heavy atom. The maximum atomic E-state index is 13.4. The largest absolute Gasteiger partial charge is 0.350 e. The molecule has 0 unspecified atom stereocenters. The minimum atomic E-state index is -0.547. The first-order valence-electron chi connectivity index (χ1n) is 9.36. The number of benzene rings is 2. The Labute approximate surface area is 176 Å². The highest BCUT2D eigenvalue weighted by Crippen LogP contribution is 2.17. The van der Waals surface area contributed by atoms with Crippen molar-refractivity contribution >= 4 is 28.7 Å². The number of carbonyl (C=O) groups excluding carboxylic acids is 1. The summed E-state index contributed by atoms with van der Waals surface area (Å²) in [6, 6.07) is 16.9. The third-order valence-corrected chi connectivity index (χ3v) is 5.08. The van der Waals surface area contributed by atoms with E-state index in [0.29, 0.717) is 17.7 Å². The fraction of sp³-hybridized carbons (Fsp3) is 0.136. The topological polar surface area (TPSA) is 68.9 Å². The second-order valence-corrected chi connectivity index (χ2v) is 7.14. The number of nitrogens with one attached hydrogen (secondary N) is 1. The maximum Gasteiger partial charge on any atom is 0.330 e. The summed E-state index contributed by atoms with van der Waals surface area (Å²) in [6.07, 6.45) is 1.62. The smallest absolute Gasteiger partial charge is 0.330 e. The first kappa shape index (κ1) is 19.8. The van der Waals surface area contributed by atoms with Crippen LogP contribution in [0.2, 0.25) is 5.02 Å². The highest BCUT2D eigenvalue weighted by atomic mass is 35.5. The van der Waals surface area contributed by atoms with Crippen LogP contribution in [0.5, 0.6) is 0 Å². The lowest BCUT2D eigenvalue weighted by molar-refractivity contribution is 0.0952. The van der Waals surface area contributed by atoms with Gasteiger partial charge >= 0.3 is 5.69 Å². The Morgan fingerprint density at radius 2 is 1.87 bits per heavy atom. The van der Waals surface area contributed by atoms with E-state index in [0.717, 1.165) is 11.6 Å². The van der Waals surface area contributed by atoms with Crippen LogP contribution in [0.25, 0.3) is 11.2 Å². The average Bonchev–Trinajstić information content (AvgIpc) is 3.02. The number of nitrogens with zero attached hydrogens (tertiary/aromatic N) is 3. The number of halogens is 2. The zero-order chi connectivity index (χ0) is 21.1. The number of aromatic nitrogens is 3. The molecule has 152 valence electrons. The Morgan fingerprint density at radius 1 is 1.07 bits per heavy atom.